The van der Waals surface area contributed by atoms with Gasteiger partial charge in [-0.25, -0.2) is 9.97 Å². The molecule has 0 bridgehead atoms. The van der Waals surface area contributed by atoms with E-state index in [0.29, 0.717) is 5.75 Å². The Bertz CT molecular complexity index is 923. The molecule has 0 fully saturated rings. The Hall–Kier alpha value is -1.60. The highest BCUT2D eigenvalue weighted by molar-refractivity contribution is 7.98. The molecule has 0 spiro atoms. The lowest BCUT2D eigenvalue weighted by atomic mass is 10.2. The van der Waals surface area contributed by atoms with Crippen molar-refractivity contribution in [1.29, 1.82) is 0 Å². The van der Waals surface area contributed by atoms with Crippen molar-refractivity contribution in [3.05, 3.63) is 39.0 Å². The number of unbranched alkanes of at least 4 members (excludes halogenated alkanes) is 1. The molecule has 0 saturated heterocycles. The van der Waals surface area contributed by atoms with Crippen LogP contribution in [0.2, 0.25) is 0 Å². The number of nitrogens with zero attached hydrogens (tertiary/aromatic N) is 4. The van der Waals surface area contributed by atoms with Crippen LogP contribution in [-0.4, -0.2) is 19.1 Å². The van der Waals surface area contributed by atoms with Crippen LogP contribution in [0.15, 0.2) is 22.3 Å². The highest BCUT2D eigenvalue weighted by atomic mass is 32.2. The van der Waals surface area contributed by atoms with E-state index in [1.165, 1.54) is 4.88 Å². The van der Waals surface area contributed by atoms with E-state index >= 15 is 0 Å². The molecule has 0 aromatic carbocycles. The number of hydrogen-bond donors (Lipinski definition) is 0. The molecular weight excluding hydrogens is 340 g/mol. The summed E-state index contributed by atoms with van der Waals surface area (Å²) in [5.41, 5.74) is 1.16. The number of thiophene rings is 1. The zero-order valence-corrected chi connectivity index (χ0v) is 16.1. The van der Waals surface area contributed by atoms with E-state index in [2.05, 4.69) is 18.8 Å². The highest BCUT2D eigenvalue weighted by Gasteiger charge is 2.17. The van der Waals surface area contributed by atoms with Crippen LogP contribution in [0.3, 0.4) is 0 Å². The molecule has 0 saturated carbocycles. The average molecular weight is 363 g/mol. The molecule has 5 nitrogen and oxygen atoms in total. The van der Waals surface area contributed by atoms with E-state index in [0.717, 1.165) is 46.1 Å². The molecule has 3 aromatic heterocycles. The van der Waals surface area contributed by atoms with Crippen LogP contribution < -0.4 is 5.56 Å². The number of aromatic nitrogens is 4. The van der Waals surface area contributed by atoms with E-state index in [4.69, 9.17) is 4.98 Å². The Kier molecular flexibility index (Phi) is 5.10. The van der Waals surface area contributed by atoms with Crippen molar-refractivity contribution in [1.82, 2.24) is 19.1 Å². The molecule has 0 N–H and O–H groups in total. The first-order chi connectivity index (χ1) is 11.5. The van der Waals surface area contributed by atoms with Gasteiger partial charge in [0.05, 0.1) is 11.1 Å². The molecule has 0 aliphatic heterocycles. The topological polar surface area (TPSA) is 52.7 Å². The van der Waals surface area contributed by atoms with Crippen molar-refractivity contribution in [2.24, 2.45) is 7.05 Å². The normalized spacial score (nSPS) is 11.5. The van der Waals surface area contributed by atoms with Crippen molar-refractivity contribution in [3.63, 3.8) is 0 Å². The van der Waals surface area contributed by atoms with Crippen molar-refractivity contribution in [2.75, 3.05) is 0 Å². The first kappa shape index (κ1) is 17.2. The highest BCUT2D eigenvalue weighted by Crippen LogP contribution is 2.29. The van der Waals surface area contributed by atoms with Gasteiger partial charge in [-0.15, -0.1) is 11.3 Å². The van der Waals surface area contributed by atoms with E-state index in [1.807, 2.05) is 29.3 Å². The van der Waals surface area contributed by atoms with Gasteiger partial charge in [-0.3, -0.25) is 9.36 Å². The van der Waals surface area contributed by atoms with Crippen LogP contribution >= 0.6 is 23.1 Å². The standard InChI is InChI=1S/C17H22N4OS2/c1-5-6-8-21-16(22)14-11(2)12(3)24-15(14)19-17(21)23-10-13-18-7-9-20(13)4/h7,9H,5-6,8,10H2,1-4H3. The molecule has 3 rings (SSSR count). The fourth-order valence-corrected chi connectivity index (χ4v) is 4.70. The van der Waals surface area contributed by atoms with Gasteiger partial charge in [0.2, 0.25) is 0 Å². The molecule has 3 heterocycles. The summed E-state index contributed by atoms with van der Waals surface area (Å²) in [6.45, 7) is 6.92. The summed E-state index contributed by atoms with van der Waals surface area (Å²) in [6.07, 6.45) is 5.76. The van der Waals surface area contributed by atoms with Crippen LogP contribution in [0.5, 0.6) is 0 Å². The van der Waals surface area contributed by atoms with E-state index in [9.17, 15) is 4.79 Å². The van der Waals surface area contributed by atoms with Gasteiger partial charge < -0.3 is 4.57 Å². The summed E-state index contributed by atoms with van der Waals surface area (Å²) in [5, 5.41) is 1.58. The lowest BCUT2D eigenvalue weighted by molar-refractivity contribution is 0.558. The monoisotopic (exact) mass is 362 g/mol. The lowest BCUT2D eigenvalue weighted by Crippen LogP contribution is -2.23. The summed E-state index contributed by atoms with van der Waals surface area (Å²) in [6, 6.07) is 0. The Morgan fingerprint density at radius 3 is 2.79 bits per heavy atom. The van der Waals surface area contributed by atoms with E-state index in [-0.39, 0.29) is 5.56 Å². The Morgan fingerprint density at radius 2 is 2.12 bits per heavy atom. The number of thioether (sulfide) groups is 1. The van der Waals surface area contributed by atoms with Gasteiger partial charge in [-0.05, 0) is 25.8 Å². The second-order valence-corrected chi connectivity index (χ2v) is 8.06. The molecule has 7 heteroatoms. The van der Waals surface area contributed by atoms with Gasteiger partial charge in [-0.1, -0.05) is 25.1 Å². The molecule has 0 aliphatic carbocycles. The minimum Gasteiger partial charge on any atom is -0.337 e. The van der Waals surface area contributed by atoms with Crippen LogP contribution in [0, 0.1) is 13.8 Å². The minimum absolute atomic E-state index is 0.0950. The summed E-state index contributed by atoms with van der Waals surface area (Å²) in [5.74, 6) is 1.69. The third-order valence-electron chi connectivity index (χ3n) is 4.24. The molecule has 0 atom stereocenters. The Morgan fingerprint density at radius 1 is 1.33 bits per heavy atom. The third-order valence-corrected chi connectivity index (χ3v) is 6.31. The van der Waals surface area contributed by atoms with E-state index < -0.39 is 0 Å². The zero-order valence-electron chi connectivity index (χ0n) is 14.5. The van der Waals surface area contributed by atoms with Crippen LogP contribution in [0.4, 0.5) is 0 Å². The third kappa shape index (κ3) is 3.15. The van der Waals surface area contributed by atoms with Gasteiger partial charge >= 0.3 is 0 Å². The molecule has 0 amide bonds. The molecule has 24 heavy (non-hydrogen) atoms. The van der Waals surface area contributed by atoms with Crippen LogP contribution in [0.1, 0.15) is 36.0 Å². The van der Waals surface area contributed by atoms with Crippen molar-refractivity contribution < 1.29 is 0 Å². The van der Waals surface area contributed by atoms with Crippen LogP contribution in [0.25, 0.3) is 10.2 Å². The van der Waals surface area contributed by atoms with Crippen molar-refractivity contribution in [2.45, 2.75) is 51.1 Å². The molecule has 0 unspecified atom stereocenters. The summed E-state index contributed by atoms with van der Waals surface area (Å²) >= 11 is 3.20. The Balaban J connectivity index is 2.04. The predicted octanol–water partition coefficient (Wildman–Crippen LogP) is 3.90. The van der Waals surface area contributed by atoms with Gasteiger partial charge in [-0.2, -0.15) is 0 Å². The Labute approximate surface area is 149 Å². The predicted molar refractivity (Wildman–Crippen MR) is 101 cm³/mol. The maximum atomic E-state index is 13.0. The lowest BCUT2D eigenvalue weighted by Gasteiger charge is -2.11. The zero-order chi connectivity index (χ0) is 17.3. The van der Waals surface area contributed by atoms with E-state index in [1.54, 1.807) is 29.3 Å². The smallest absolute Gasteiger partial charge is 0.263 e. The van der Waals surface area contributed by atoms with Crippen molar-refractivity contribution in [3.8, 4) is 0 Å². The molecule has 0 aliphatic rings. The molecule has 128 valence electrons. The second kappa shape index (κ2) is 7.11. The molecular formula is C17H22N4OS2. The summed E-state index contributed by atoms with van der Waals surface area (Å²) in [4.78, 5) is 24.2. The van der Waals surface area contributed by atoms with Crippen LogP contribution in [-0.2, 0) is 19.3 Å². The summed E-state index contributed by atoms with van der Waals surface area (Å²) in [7, 11) is 1.98. The maximum absolute atomic E-state index is 13.0. The number of aryl methyl sites for hydroxylation is 3. The van der Waals surface area contributed by atoms with Crippen molar-refractivity contribution >= 4 is 33.3 Å². The fraction of sp³-hybridized carbons (Fsp3) is 0.471. The van der Waals surface area contributed by atoms with Gasteiger partial charge in [0, 0.05) is 30.9 Å². The number of imidazole rings is 1. The SMILES string of the molecule is CCCCn1c(SCc2nccn2C)nc2sc(C)c(C)c2c1=O. The molecule has 3 aromatic rings. The average Bonchev–Trinajstić information content (AvgIpc) is 3.08. The quantitative estimate of drug-likeness (QED) is 0.493. The first-order valence-electron chi connectivity index (χ1n) is 8.12. The fourth-order valence-electron chi connectivity index (χ4n) is 2.60. The minimum atomic E-state index is 0.0950. The second-order valence-electron chi connectivity index (χ2n) is 5.91. The largest absolute Gasteiger partial charge is 0.337 e. The summed E-state index contributed by atoms with van der Waals surface area (Å²) < 4.78 is 3.85. The number of hydrogen-bond acceptors (Lipinski definition) is 5. The molecule has 0 radical (unpaired) electrons. The number of rotatable bonds is 6. The van der Waals surface area contributed by atoms with Gasteiger partial charge in [0.1, 0.15) is 10.7 Å². The number of fused-ring (bicyclic) bond motifs is 1. The first-order valence-corrected chi connectivity index (χ1v) is 9.92. The van der Waals surface area contributed by atoms with Gasteiger partial charge in [0.25, 0.3) is 5.56 Å². The van der Waals surface area contributed by atoms with Gasteiger partial charge in [0.15, 0.2) is 5.16 Å². The maximum Gasteiger partial charge on any atom is 0.263 e.